The number of nitrogens with zero attached hydrogens (tertiary/aromatic N) is 1. The third-order valence-electron chi connectivity index (χ3n) is 5.05. The van der Waals surface area contributed by atoms with Gasteiger partial charge in [-0.15, -0.1) is 0 Å². The van der Waals surface area contributed by atoms with Gasteiger partial charge in [-0.05, 0) is 24.7 Å². The molecule has 0 rings (SSSR count). The van der Waals surface area contributed by atoms with Gasteiger partial charge in [-0.2, -0.15) is 0 Å². The molecule has 23 heavy (non-hydrogen) atoms. The summed E-state index contributed by atoms with van der Waals surface area (Å²) in [6.07, 6.45) is 10.8. The molecule has 0 aliphatic rings. The van der Waals surface area contributed by atoms with Crippen LogP contribution in [0.1, 0.15) is 79.1 Å². The first-order valence-electron chi connectivity index (χ1n) is 10.3. The molecule has 3 nitrogen and oxygen atoms in total. The molecule has 0 saturated heterocycles. The lowest BCUT2D eigenvalue weighted by Gasteiger charge is -2.30. The Bertz CT molecular complexity index is 215. The van der Waals surface area contributed by atoms with Crippen molar-refractivity contribution in [3.05, 3.63) is 0 Å². The molecule has 0 spiro atoms. The van der Waals surface area contributed by atoms with Gasteiger partial charge in [-0.3, -0.25) is 0 Å². The van der Waals surface area contributed by atoms with Crippen molar-refractivity contribution < 1.29 is 0 Å². The molecule has 0 heterocycles. The average molecular weight is 328 g/mol. The van der Waals surface area contributed by atoms with Gasteiger partial charge in [-0.25, -0.2) is 0 Å². The van der Waals surface area contributed by atoms with Crippen LogP contribution in [0.4, 0.5) is 0 Å². The largest absolute Gasteiger partial charge is 0.329 e. The second kappa shape index (κ2) is 16.7. The maximum absolute atomic E-state index is 5.58. The van der Waals surface area contributed by atoms with Gasteiger partial charge < -0.3 is 16.0 Å². The summed E-state index contributed by atoms with van der Waals surface area (Å²) < 4.78 is 0. The summed E-state index contributed by atoms with van der Waals surface area (Å²) in [5.74, 6) is 1.74. The van der Waals surface area contributed by atoms with Crippen molar-refractivity contribution in [2.24, 2.45) is 17.6 Å². The van der Waals surface area contributed by atoms with Crippen LogP contribution in [0, 0.1) is 11.8 Å². The van der Waals surface area contributed by atoms with Gasteiger partial charge >= 0.3 is 0 Å². The van der Waals surface area contributed by atoms with E-state index in [-0.39, 0.29) is 0 Å². The van der Waals surface area contributed by atoms with Crippen LogP contribution >= 0.6 is 0 Å². The fourth-order valence-corrected chi connectivity index (χ4v) is 3.29. The van der Waals surface area contributed by atoms with Crippen LogP contribution in [-0.2, 0) is 0 Å². The molecule has 0 aromatic heterocycles. The fourth-order valence-electron chi connectivity index (χ4n) is 3.29. The lowest BCUT2D eigenvalue weighted by molar-refractivity contribution is 0.182. The number of nitrogens with one attached hydrogen (secondary N) is 1. The van der Waals surface area contributed by atoms with Crippen molar-refractivity contribution in [1.29, 1.82) is 0 Å². The van der Waals surface area contributed by atoms with E-state index in [0.717, 1.165) is 31.5 Å². The molecular formula is C20H45N3. The lowest BCUT2D eigenvalue weighted by atomic mass is 9.95. The molecule has 2 unspecified atom stereocenters. The van der Waals surface area contributed by atoms with Gasteiger partial charge in [0.1, 0.15) is 0 Å². The van der Waals surface area contributed by atoms with Crippen molar-refractivity contribution in [2.45, 2.75) is 79.1 Å². The highest BCUT2D eigenvalue weighted by atomic mass is 15.1. The zero-order valence-electron chi connectivity index (χ0n) is 16.6. The quantitative estimate of drug-likeness (QED) is 0.392. The summed E-state index contributed by atoms with van der Waals surface area (Å²) in [7, 11) is 0. The van der Waals surface area contributed by atoms with Gasteiger partial charge in [0.25, 0.3) is 0 Å². The molecule has 0 saturated carbocycles. The third-order valence-corrected chi connectivity index (χ3v) is 5.05. The Morgan fingerprint density at radius 2 is 1.35 bits per heavy atom. The molecule has 0 bridgehead atoms. The van der Waals surface area contributed by atoms with Gasteiger partial charge in [0.2, 0.25) is 0 Å². The number of unbranched alkanes of at least 4 members (excludes halogenated alkanes) is 2. The smallest absolute Gasteiger partial charge is 0.0107 e. The van der Waals surface area contributed by atoms with E-state index < -0.39 is 0 Å². The van der Waals surface area contributed by atoms with Gasteiger partial charge in [0, 0.05) is 39.3 Å². The minimum atomic E-state index is 0.738. The fraction of sp³-hybridized carbons (Fsp3) is 1.00. The topological polar surface area (TPSA) is 41.3 Å². The van der Waals surface area contributed by atoms with E-state index in [0.29, 0.717) is 0 Å². The molecule has 0 amide bonds. The van der Waals surface area contributed by atoms with Crippen molar-refractivity contribution in [2.75, 3.05) is 39.3 Å². The maximum Gasteiger partial charge on any atom is 0.0107 e. The van der Waals surface area contributed by atoms with E-state index >= 15 is 0 Å². The van der Waals surface area contributed by atoms with E-state index in [1.54, 1.807) is 0 Å². The zero-order valence-corrected chi connectivity index (χ0v) is 16.6. The first kappa shape index (κ1) is 22.9. The third kappa shape index (κ3) is 12.9. The Morgan fingerprint density at radius 3 is 1.74 bits per heavy atom. The zero-order chi connectivity index (χ0) is 17.3. The Balaban J connectivity index is 4.44. The molecule has 0 radical (unpaired) electrons. The molecule has 3 N–H and O–H groups in total. The second-order valence-corrected chi connectivity index (χ2v) is 7.13. The van der Waals surface area contributed by atoms with E-state index in [9.17, 15) is 0 Å². The molecule has 0 fully saturated rings. The summed E-state index contributed by atoms with van der Waals surface area (Å²) >= 11 is 0. The normalized spacial score (nSPS) is 14.3. The second-order valence-electron chi connectivity index (χ2n) is 7.13. The average Bonchev–Trinajstić information content (AvgIpc) is 2.58. The summed E-state index contributed by atoms with van der Waals surface area (Å²) in [6, 6.07) is 0. The standard InChI is InChI=1S/C20H45N3/c1-5-9-11-19(7-3)17-23(16-15-22-14-13-21)18-20(8-4)12-10-6-2/h19-20,22H,5-18,21H2,1-4H3. The molecule has 0 aromatic rings. The van der Waals surface area contributed by atoms with Gasteiger partial charge in [-0.1, -0.05) is 66.2 Å². The van der Waals surface area contributed by atoms with Crippen LogP contribution in [-0.4, -0.2) is 44.2 Å². The first-order chi connectivity index (χ1) is 11.2. The minimum Gasteiger partial charge on any atom is -0.329 e. The molecule has 3 heteroatoms. The van der Waals surface area contributed by atoms with E-state index in [4.69, 9.17) is 5.73 Å². The number of nitrogens with two attached hydrogens (primary N) is 1. The lowest BCUT2D eigenvalue weighted by Crippen LogP contribution is -2.39. The van der Waals surface area contributed by atoms with Crippen LogP contribution in [0.2, 0.25) is 0 Å². The Kier molecular flexibility index (Phi) is 16.6. The molecular weight excluding hydrogens is 282 g/mol. The molecule has 0 aromatic carbocycles. The predicted octanol–water partition coefficient (Wildman–Crippen LogP) is 4.27. The van der Waals surface area contributed by atoms with Crippen LogP contribution in [0.5, 0.6) is 0 Å². The van der Waals surface area contributed by atoms with Gasteiger partial charge in [0.15, 0.2) is 0 Å². The molecule has 0 aliphatic carbocycles. The predicted molar refractivity (Wildman–Crippen MR) is 105 cm³/mol. The van der Waals surface area contributed by atoms with Crippen molar-refractivity contribution >= 4 is 0 Å². The Hall–Kier alpha value is -0.120. The van der Waals surface area contributed by atoms with Gasteiger partial charge in [0.05, 0.1) is 0 Å². The van der Waals surface area contributed by atoms with E-state index in [1.807, 2.05) is 0 Å². The number of rotatable bonds is 17. The molecule has 140 valence electrons. The van der Waals surface area contributed by atoms with Crippen LogP contribution in [0.15, 0.2) is 0 Å². The van der Waals surface area contributed by atoms with E-state index in [1.165, 1.54) is 71.0 Å². The Labute approximate surface area is 146 Å². The summed E-state index contributed by atoms with van der Waals surface area (Å²) in [4.78, 5) is 2.73. The highest BCUT2D eigenvalue weighted by Gasteiger charge is 2.16. The number of hydrogen-bond acceptors (Lipinski definition) is 3. The van der Waals surface area contributed by atoms with Crippen LogP contribution < -0.4 is 11.1 Å². The highest BCUT2D eigenvalue weighted by molar-refractivity contribution is 4.71. The summed E-state index contributed by atoms with van der Waals surface area (Å²) in [5.41, 5.74) is 5.58. The highest BCUT2D eigenvalue weighted by Crippen LogP contribution is 2.18. The van der Waals surface area contributed by atoms with Crippen molar-refractivity contribution in [3.8, 4) is 0 Å². The van der Waals surface area contributed by atoms with Crippen LogP contribution in [0.25, 0.3) is 0 Å². The first-order valence-corrected chi connectivity index (χ1v) is 10.3. The summed E-state index contributed by atoms with van der Waals surface area (Å²) in [5, 5.41) is 3.47. The number of hydrogen-bond donors (Lipinski definition) is 2. The molecule has 2 atom stereocenters. The maximum atomic E-state index is 5.58. The van der Waals surface area contributed by atoms with E-state index in [2.05, 4.69) is 37.9 Å². The SMILES string of the molecule is CCCCC(CC)CN(CCNCCN)CC(CC)CCCC. The Morgan fingerprint density at radius 1 is 0.826 bits per heavy atom. The van der Waals surface area contributed by atoms with Crippen LogP contribution in [0.3, 0.4) is 0 Å². The minimum absolute atomic E-state index is 0.738. The summed E-state index contributed by atoms with van der Waals surface area (Å²) in [6.45, 7) is 15.8. The van der Waals surface area contributed by atoms with Crippen molar-refractivity contribution in [3.63, 3.8) is 0 Å². The monoisotopic (exact) mass is 327 g/mol. The molecule has 0 aliphatic heterocycles. The van der Waals surface area contributed by atoms with Crippen molar-refractivity contribution in [1.82, 2.24) is 10.2 Å².